The van der Waals surface area contributed by atoms with Gasteiger partial charge in [-0.1, -0.05) is 19.6 Å². The number of hydrogen-bond donors (Lipinski definition) is 2. The number of rotatable bonds is 8. The molecule has 11 heteroatoms. The van der Waals surface area contributed by atoms with Crippen LogP contribution in [0.25, 0.3) is 28.1 Å². The van der Waals surface area contributed by atoms with Crippen molar-refractivity contribution in [2.45, 2.75) is 39.0 Å². The highest BCUT2D eigenvalue weighted by atomic mass is 28.3. The maximum Gasteiger partial charge on any atom is 0.339 e. The first kappa shape index (κ1) is 22.1. The van der Waals surface area contributed by atoms with Crippen molar-refractivity contribution >= 4 is 30.7 Å². The summed E-state index contributed by atoms with van der Waals surface area (Å²) < 4.78 is 22.5. The van der Waals surface area contributed by atoms with Crippen molar-refractivity contribution in [2.24, 2.45) is 0 Å². The van der Waals surface area contributed by atoms with Crippen LogP contribution in [-0.4, -0.2) is 54.8 Å². The van der Waals surface area contributed by atoms with E-state index in [0.29, 0.717) is 29.2 Å². The zero-order chi connectivity index (χ0) is 23.0. The van der Waals surface area contributed by atoms with Crippen molar-refractivity contribution in [2.75, 3.05) is 6.61 Å². The van der Waals surface area contributed by atoms with Crippen LogP contribution >= 0.6 is 0 Å². The average molecular weight is 458 g/mol. The molecule has 0 aliphatic rings. The van der Waals surface area contributed by atoms with E-state index >= 15 is 0 Å². The van der Waals surface area contributed by atoms with E-state index < -0.39 is 26.5 Å². The van der Waals surface area contributed by atoms with Crippen molar-refractivity contribution < 1.29 is 24.1 Å². The van der Waals surface area contributed by atoms with Crippen LogP contribution in [0.2, 0.25) is 25.7 Å². The van der Waals surface area contributed by atoms with E-state index in [9.17, 15) is 19.4 Å². The number of aliphatic hydroxyl groups excluding tert-OH is 1. The van der Waals surface area contributed by atoms with E-state index in [1.165, 1.54) is 35.1 Å². The number of aromatic nitrogens is 5. The van der Waals surface area contributed by atoms with Gasteiger partial charge < -0.3 is 19.5 Å². The molecule has 0 aliphatic heterocycles. The zero-order valence-electron chi connectivity index (χ0n) is 18.0. The Morgan fingerprint density at radius 2 is 2.00 bits per heavy atom. The first-order valence-corrected chi connectivity index (χ1v) is 13.8. The SMILES string of the molecule is C[Si](C)(C)CCOCn1cc(C(=O)O)c2nc(-c3nc(CO)n4cc(F)ccc34)cnc21. The highest BCUT2D eigenvalue weighted by Crippen LogP contribution is 2.27. The highest BCUT2D eigenvalue weighted by molar-refractivity contribution is 6.76. The molecule has 0 spiro atoms. The molecule has 0 unspecified atom stereocenters. The average Bonchev–Trinajstić information content (AvgIpc) is 3.28. The Hall–Kier alpha value is -3.15. The number of aromatic carboxylic acids is 1. The number of ether oxygens (including phenoxy) is 1. The number of aliphatic hydroxyl groups is 1. The molecule has 32 heavy (non-hydrogen) atoms. The van der Waals surface area contributed by atoms with Gasteiger partial charge in [-0.3, -0.25) is 4.40 Å². The van der Waals surface area contributed by atoms with Crippen LogP contribution in [0.5, 0.6) is 0 Å². The zero-order valence-corrected chi connectivity index (χ0v) is 19.0. The van der Waals surface area contributed by atoms with E-state index in [2.05, 4.69) is 34.6 Å². The number of imidazole rings is 1. The second kappa shape index (κ2) is 8.41. The van der Waals surface area contributed by atoms with E-state index in [-0.39, 0.29) is 23.6 Å². The molecular formula is C21H24FN5O4Si. The molecule has 2 N–H and O–H groups in total. The summed E-state index contributed by atoms with van der Waals surface area (Å²) in [4.78, 5) is 25.1. The molecule has 4 rings (SSSR count). The molecule has 0 saturated heterocycles. The molecule has 0 amide bonds. The first-order chi connectivity index (χ1) is 15.2. The minimum atomic E-state index is -1.24. The molecule has 0 fully saturated rings. The third-order valence-corrected chi connectivity index (χ3v) is 6.78. The van der Waals surface area contributed by atoms with Gasteiger partial charge in [0.1, 0.15) is 47.4 Å². The molecule has 168 valence electrons. The van der Waals surface area contributed by atoms with E-state index in [1.54, 1.807) is 4.57 Å². The lowest BCUT2D eigenvalue weighted by Crippen LogP contribution is -2.22. The molecule has 4 aromatic heterocycles. The number of carboxylic acids is 1. The summed E-state index contributed by atoms with van der Waals surface area (Å²) in [7, 11) is -1.24. The highest BCUT2D eigenvalue weighted by Gasteiger charge is 2.21. The van der Waals surface area contributed by atoms with Crippen molar-refractivity contribution in [3.63, 3.8) is 0 Å². The summed E-state index contributed by atoms with van der Waals surface area (Å²) in [5, 5.41) is 19.3. The Balaban J connectivity index is 1.74. The molecule has 0 atom stereocenters. The maximum absolute atomic E-state index is 13.7. The van der Waals surface area contributed by atoms with Crippen LogP contribution in [0.15, 0.2) is 30.7 Å². The monoisotopic (exact) mass is 457 g/mol. The fourth-order valence-electron chi connectivity index (χ4n) is 3.38. The second-order valence-corrected chi connectivity index (χ2v) is 14.4. The molecule has 0 aliphatic carbocycles. The molecule has 9 nitrogen and oxygen atoms in total. The fraction of sp³-hybridized carbons (Fsp3) is 0.333. The topological polar surface area (TPSA) is 115 Å². The normalized spacial score (nSPS) is 12.2. The van der Waals surface area contributed by atoms with Gasteiger partial charge in [0, 0.05) is 27.1 Å². The maximum atomic E-state index is 13.7. The van der Waals surface area contributed by atoms with E-state index in [0.717, 1.165) is 6.04 Å². The summed E-state index contributed by atoms with van der Waals surface area (Å²) in [6.07, 6.45) is 4.17. The number of carboxylic acid groups (broad SMARTS) is 1. The van der Waals surface area contributed by atoms with Crippen molar-refractivity contribution in [3.8, 4) is 11.4 Å². The van der Waals surface area contributed by atoms with Crippen LogP contribution in [0.1, 0.15) is 16.2 Å². The van der Waals surface area contributed by atoms with Gasteiger partial charge in [-0.25, -0.2) is 24.1 Å². The summed E-state index contributed by atoms with van der Waals surface area (Å²) in [6, 6.07) is 3.80. The number of hydrogen-bond acceptors (Lipinski definition) is 6. The van der Waals surface area contributed by atoms with Crippen LogP contribution in [-0.2, 0) is 18.1 Å². The van der Waals surface area contributed by atoms with Gasteiger partial charge in [-0.15, -0.1) is 0 Å². The smallest absolute Gasteiger partial charge is 0.339 e. The number of carbonyl (C=O) groups is 1. The van der Waals surface area contributed by atoms with Gasteiger partial charge in [-0.05, 0) is 18.2 Å². The van der Waals surface area contributed by atoms with Gasteiger partial charge in [0.15, 0.2) is 5.65 Å². The third-order valence-electron chi connectivity index (χ3n) is 5.08. The van der Waals surface area contributed by atoms with Gasteiger partial charge in [-0.2, -0.15) is 0 Å². The molecule has 0 bridgehead atoms. The van der Waals surface area contributed by atoms with Crippen LogP contribution < -0.4 is 0 Å². The predicted octanol–water partition coefficient (Wildman–Crippen LogP) is 3.39. The van der Waals surface area contributed by atoms with Crippen molar-refractivity contribution in [1.82, 2.24) is 23.9 Å². The van der Waals surface area contributed by atoms with Crippen LogP contribution in [0.4, 0.5) is 4.39 Å². The molecule has 0 aromatic carbocycles. The van der Waals surface area contributed by atoms with Crippen molar-refractivity contribution in [3.05, 3.63) is 47.9 Å². The summed E-state index contributed by atoms with van der Waals surface area (Å²) in [6.45, 7) is 7.13. The number of nitrogens with zero attached hydrogens (tertiary/aromatic N) is 5. The van der Waals surface area contributed by atoms with Gasteiger partial charge in [0.2, 0.25) is 0 Å². The minimum Gasteiger partial charge on any atom is -0.478 e. The number of fused-ring (bicyclic) bond motifs is 2. The Kier molecular flexibility index (Phi) is 5.80. The molecule has 0 radical (unpaired) electrons. The largest absolute Gasteiger partial charge is 0.478 e. The Labute approximate surface area is 184 Å². The second-order valence-electron chi connectivity index (χ2n) is 8.73. The quantitative estimate of drug-likeness (QED) is 0.308. The summed E-state index contributed by atoms with van der Waals surface area (Å²) in [5.74, 6) is -1.37. The van der Waals surface area contributed by atoms with E-state index in [1.807, 2.05) is 0 Å². The molecule has 4 heterocycles. The Morgan fingerprint density at radius 1 is 1.22 bits per heavy atom. The number of halogens is 1. The Bertz CT molecular complexity index is 1310. The third kappa shape index (κ3) is 4.27. The minimum absolute atomic E-state index is 0.0000808. The molecule has 0 saturated carbocycles. The Morgan fingerprint density at radius 3 is 2.69 bits per heavy atom. The molecular weight excluding hydrogens is 433 g/mol. The molecule has 4 aromatic rings. The summed E-state index contributed by atoms with van der Waals surface area (Å²) in [5.41, 5.74) is 1.81. The lowest BCUT2D eigenvalue weighted by molar-refractivity contribution is 0.0696. The fourth-order valence-corrected chi connectivity index (χ4v) is 4.14. The van der Waals surface area contributed by atoms with Gasteiger partial charge in [0.25, 0.3) is 0 Å². The van der Waals surface area contributed by atoms with Crippen LogP contribution in [0, 0.1) is 5.82 Å². The number of pyridine rings is 1. The predicted molar refractivity (Wildman–Crippen MR) is 119 cm³/mol. The lowest BCUT2D eigenvalue weighted by Gasteiger charge is -2.15. The van der Waals surface area contributed by atoms with Crippen LogP contribution in [0.3, 0.4) is 0 Å². The standard InChI is InChI=1S/C21H24FN5O4Si/c1-32(2,3)7-6-31-12-26-10-14(21(29)30)18-20(26)23-8-15(24-18)19-16-5-4-13(22)9-27(16)17(11-28)25-19/h4-5,8-10,28H,6-7,11-12H2,1-3H3,(H,29,30). The summed E-state index contributed by atoms with van der Waals surface area (Å²) >= 11 is 0. The van der Waals surface area contributed by atoms with Crippen molar-refractivity contribution in [1.29, 1.82) is 0 Å². The van der Waals surface area contributed by atoms with E-state index in [4.69, 9.17) is 4.74 Å². The first-order valence-electron chi connectivity index (χ1n) is 10.1. The lowest BCUT2D eigenvalue weighted by atomic mass is 10.2. The van der Waals surface area contributed by atoms with Gasteiger partial charge in [0.05, 0.1) is 11.7 Å². The van der Waals surface area contributed by atoms with Gasteiger partial charge >= 0.3 is 5.97 Å².